The summed E-state index contributed by atoms with van der Waals surface area (Å²) in [4.78, 5) is 13.3. The number of nitrogens with one attached hydrogen (secondary N) is 1. The molecule has 2 aromatic rings. The zero-order chi connectivity index (χ0) is 20.2. The summed E-state index contributed by atoms with van der Waals surface area (Å²) in [7, 11) is -0.451. The molecule has 0 radical (unpaired) electrons. The molecule has 2 aromatic carbocycles. The largest absolute Gasteiger partial charge is 0.345 e. The number of sulfonamides is 1. The highest BCUT2D eigenvalue weighted by Gasteiger charge is 2.18. The maximum Gasteiger partial charge on any atom is 0.253 e. The molecule has 1 N–H and O–H groups in total. The van der Waals surface area contributed by atoms with Crippen molar-refractivity contribution in [2.75, 3.05) is 20.6 Å². The second kappa shape index (κ2) is 8.77. The van der Waals surface area contributed by atoms with E-state index in [9.17, 15) is 13.2 Å². The first-order valence-corrected chi connectivity index (χ1v) is 10.1. The topological polar surface area (TPSA) is 66.5 Å². The van der Waals surface area contributed by atoms with Crippen molar-refractivity contribution in [3.63, 3.8) is 0 Å². The van der Waals surface area contributed by atoms with E-state index in [0.29, 0.717) is 21.7 Å². The van der Waals surface area contributed by atoms with E-state index in [1.807, 2.05) is 0 Å². The van der Waals surface area contributed by atoms with E-state index in [1.165, 1.54) is 17.0 Å². The molecule has 1 amide bonds. The highest BCUT2D eigenvalue weighted by atomic mass is 35.5. The van der Waals surface area contributed by atoms with Gasteiger partial charge in [0.25, 0.3) is 5.91 Å². The molecule has 0 atom stereocenters. The lowest BCUT2D eigenvalue weighted by Gasteiger charge is -2.09. The van der Waals surface area contributed by atoms with Gasteiger partial charge < -0.3 is 4.90 Å². The normalized spacial score (nSPS) is 10.9. The predicted octanol–water partition coefficient (Wildman–Crippen LogP) is 3.33. The van der Waals surface area contributed by atoms with Crippen LogP contribution >= 0.6 is 23.2 Å². The van der Waals surface area contributed by atoms with Crippen LogP contribution in [0.5, 0.6) is 0 Å². The van der Waals surface area contributed by atoms with Crippen LogP contribution in [0.25, 0.3) is 0 Å². The Morgan fingerprint density at radius 3 is 2.33 bits per heavy atom. The fourth-order valence-electron chi connectivity index (χ4n) is 2.15. The number of benzene rings is 2. The minimum Gasteiger partial charge on any atom is -0.345 e. The first-order valence-electron chi connectivity index (χ1n) is 7.87. The van der Waals surface area contributed by atoms with Gasteiger partial charge in [0.2, 0.25) is 10.0 Å². The molecule has 0 saturated heterocycles. The summed E-state index contributed by atoms with van der Waals surface area (Å²) in [6, 6.07) is 9.57. The molecular formula is C19H18Cl2N2O3S. The Hall–Kier alpha value is -2.04. The number of carbonyl (C=O) groups excluding carboxylic acids is 1. The van der Waals surface area contributed by atoms with Crippen LogP contribution in [0.1, 0.15) is 21.5 Å². The van der Waals surface area contributed by atoms with Gasteiger partial charge in [0.15, 0.2) is 0 Å². The van der Waals surface area contributed by atoms with Crippen molar-refractivity contribution >= 4 is 39.1 Å². The van der Waals surface area contributed by atoms with Crippen LogP contribution in [0.2, 0.25) is 10.0 Å². The van der Waals surface area contributed by atoms with Gasteiger partial charge >= 0.3 is 0 Å². The summed E-state index contributed by atoms with van der Waals surface area (Å²) >= 11 is 11.9. The van der Waals surface area contributed by atoms with Gasteiger partial charge in [-0.2, -0.15) is 4.72 Å². The number of amides is 1. The fourth-order valence-corrected chi connectivity index (χ4v) is 3.90. The minimum atomic E-state index is -3.81. The first kappa shape index (κ1) is 21.3. The molecule has 2 rings (SSSR count). The monoisotopic (exact) mass is 424 g/mol. The molecule has 0 aliphatic carbocycles. The predicted molar refractivity (Wildman–Crippen MR) is 108 cm³/mol. The SMILES string of the molecule is Cc1cc(S(=O)(=O)NCC#Cc2ccc(C(=O)N(C)C)cc2)c(Cl)cc1Cl. The lowest BCUT2D eigenvalue weighted by Crippen LogP contribution is -2.24. The lowest BCUT2D eigenvalue weighted by molar-refractivity contribution is 0.0827. The van der Waals surface area contributed by atoms with Crippen LogP contribution in [-0.2, 0) is 10.0 Å². The Bertz CT molecular complexity index is 1020. The number of aryl methyl sites for hydroxylation is 1. The Balaban J connectivity index is 2.06. The fraction of sp³-hybridized carbons (Fsp3) is 0.211. The molecule has 0 saturated carbocycles. The van der Waals surface area contributed by atoms with Gasteiger partial charge in [0.05, 0.1) is 11.6 Å². The summed E-state index contributed by atoms with van der Waals surface area (Å²) in [6.07, 6.45) is 0. The summed E-state index contributed by atoms with van der Waals surface area (Å²) in [5.74, 6) is 5.48. The number of hydrogen-bond donors (Lipinski definition) is 1. The molecule has 0 aliphatic heterocycles. The van der Waals surface area contributed by atoms with Gasteiger partial charge in [-0.05, 0) is 48.9 Å². The molecule has 0 unspecified atom stereocenters. The minimum absolute atomic E-state index is 0.0422. The third-order valence-corrected chi connectivity index (χ3v) is 5.90. The standard InChI is InChI=1S/C19H18Cl2N2O3S/c1-13-11-18(17(21)12-16(13)20)27(25,26)22-10-4-5-14-6-8-15(9-7-14)19(24)23(2)3/h6-9,11-12,22H,10H2,1-3H3. The van der Waals surface area contributed by atoms with Gasteiger partial charge in [-0.1, -0.05) is 35.0 Å². The molecule has 0 heterocycles. The maximum atomic E-state index is 12.4. The molecule has 8 heteroatoms. The second-order valence-electron chi connectivity index (χ2n) is 5.94. The third kappa shape index (κ3) is 5.47. The van der Waals surface area contributed by atoms with Crippen molar-refractivity contribution in [3.8, 4) is 11.8 Å². The quantitative estimate of drug-likeness (QED) is 0.765. The molecule has 5 nitrogen and oxygen atoms in total. The lowest BCUT2D eigenvalue weighted by atomic mass is 10.1. The van der Waals surface area contributed by atoms with E-state index in [2.05, 4.69) is 16.6 Å². The van der Waals surface area contributed by atoms with E-state index in [1.54, 1.807) is 45.3 Å². The van der Waals surface area contributed by atoms with Gasteiger partial charge in [0, 0.05) is 30.2 Å². The Kier molecular flexibility index (Phi) is 6.90. The van der Waals surface area contributed by atoms with Crippen LogP contribution in [0.3, 0.4) is 0 Å². The van der Waals surface area contributed by atoms with E-state index in [0.717, 1.165) is 0 Å². The molecule has 0 fully saturated rings. The van der Waals surface area contributed by atoms with E-state index >= 15 is 0 Å². The molecular weight excluding hydrogens is 407 g/mol. The summed E-state index contributed by atoms with van der Waals surface area (Å²) in [6.45, 7) is 1.61. The molecule has 0 aliphatic rings. The molecule has 0 spiro atoms. The van der Waals surface area contributed by atoms with Crippen molar-refractivity contribution < 1.29 is 13.2 Å². The second-order valence-corrected chi connectivity index (χ2v) is 8.48. The number of hydrogen-bond acceptors (Lipinski definition) is 3. The number of nitrogens with zero attached hydrogens (tertiary/aromatic N) is 1. The molecule has 0 aromatic heterocycles. The highest BCUT2D eigenvalue weighted by molar-refractivity contribution is 7.89. The Labute approximate surface area is 169 Å². The Morgan fingerprint density at radius 1 is 1.11 bits per heavy atom. The molecule has 0 bridgehead atoms. The summed E-state index contributed by atoms with van der Waals surface area (Å²) in [5, 5.41) is 0.446. The van der Waals surface area contributed by atoms with Crippen LogP contribution < -0.4 is 4.72 Å². The van der Waals surface area contributed by atoms with Gasteiger partial charge in [0.1, 0.15) is 4.90 Å². The zero-order valence-electron chi connectivity index (χ0n) is 15.0. The van der Waals surface area contributed by atoms with E-state index in [4.69, 9.17) is 23.2 Å². The van der Waals surface area contributed by atoms with E-state index in [-0.39, 0.29) is 22.4 Å². The highest BCUT2D eigenvalue weighted by Crippen LogP contribution is 2.27. The van der Waals surface area contributed by atoms with Gasteiger partial charge in [-0.3, -0.25) is 4.79 Å². The third-order valence-electron chi connectivity index (χ3n) is 3.62. The van der Waals surface area contributed by atoms with Crippen LogP contribution in [0, 0.1) is 18.8 Å². The maximum absolute atomic E-state index is 12.4. The van der Waals surface area contributed by atoms with Crippen molar-refractivity contribution in [1.82, 2.24) is 9.62 Å². The van der Waals surface area contributed by atoms with Crippen LogP contribution in [-0.4, -0.2) is 39.9 Å². The number of carbonyl (C=O) groups is 1. The summed E-state index contributed by atoms with van der Waals surface area (Å²) < 4.78 is 27.1. The first-order chi connectivity index (χ1) is 12.6. The van der Waals surface area contributed by atoms with Crippen molar-refractivity contribution in [1.29, 1.82) is 0 Å². The average molecular weight is 425 g/mol. The average Bonchev–Trinajstić information content (AvgIpc) is 2.61. The zero-order valence-corrected chi connectivity index (χ0v) is 17.3. The smallest absolute Gasteiger partial charge is 0.253 e. The number of rotatable bonds is 4. The Morgan fingerprint density at radius 2 is 1.74 bits per heavy atom. The van der Waals surface area contributed by atoms with Crippen molar-refractivity contribution in [3.05, 3.63) is 63.1 Å². The van der Waals surface area contributed by atoms with Crippen molar-refractivity contribution in [2.24, 2.45) is 0 Å². The molecule has 142 valence electrons. The van der Waals surface area contributed by atoms with Crippen LogP contribution in [0.15, 0.2) is 41.3 Å². The summed E-state index contributed by atoms with van der Waals surface area (Å²) in [5.41, 5.74) is 1.84. The number of halogens is 2. The van der Waals surface area contributed by atoms with Gasteiger partial charge in [-0.25, -0.2) is 8.42 Å². The molecule has 27 heavy (non-hydrogen) atoms. The van der Waals surface area contributed by atoms with Crippen molar-refractivity contribution in [2.45, 2.75) is 11.8 Å². The van der Waals surface area contributed by atoms with Gasteiger partial charge in [-0.15, -0.1) is 0 Å². The van der Waals surface area contributed by atoms with E-state index < -0.39 is 10.0 Å². The van der Waals surface area contributed by atoms with Crippen LogP contribution in [0.4, 0.5) is 0 Å².